The Labute approximate surface area is 90.8 Å². The first-order valence-electron chi connectivity index (χ1n) is 5.81. The highest BCUT2D eigenvalue weighted by Gasteiger charge is 2.28. The van der Waals surface area contributed by atoms with Gasteiger partial charge in [0, 0.05) is 25.0 Å². The van der Waals surface area contributed by atoms with Gasteiger partial charge in [0.15, 0.2) is 0 Å². The average Bonchev–Trinajstić information content (AvgIpc) is 2.49. The molecule has 3 atom stereocenters. The first-order chi connectivity index (χ1) is 7.13. The van der Waals surface area contributed by atoms with Gasteiger partial charge in [0.25, 0.3) is 0 Å². The van der Waals surface area contributed by atoms with Gasteiger partial charge in [-0.05, 0) is 26.7 Å². The van der Waals surface area contributed by atoms with Crippen LogP contribution in [0.25, 0.3) is 0 Å². The van der Waals surface area contributed by atoms with E-state index in [-0.39, 0.29) is 5.91 Å². The van der Waals surface area contributed by atoms with E-state index >= 15 is 0 Å². The lowest BCUT2D eigenvalue weighted by Crippen LogP contribution is -2.46. The van der Waals surface area contributed by atoms with Crippen molar-refractivity contribution in [3.63, 3.8) is 0 Å². The highest BCUT2D eigenvalue weighted by atomic mass is 16.5. The molecule has 0 aromatic heterocycles. The molecule has 2 aliphatic heterocycles. The predicted octanol–water partition coefficient (Wildman–Crippen LogP) is 0.420. The summed E-state index contributed by atoms with van der Waals surface area (Å²) in [5.41, 5.74) is 0. The molecule has 2 fully saturated rings. The normalized spacial score (nSPS) is 41.6. The third kappa shape index (κ3) is 2.92. The van der Waals surface area contributed by atoms with Crippen molar-refractivity contribution in [2.45, 2.75) is 57.4 Å². The van der Waals surface area contributed by atoms with Crippen molar-refractivity contribution < 1.29 is 9.53 Å². The second-order valence-electron chi connectivity index (χ2n) is 4.80. The summed E-state index contributed by atoms with van der Waals surface area (Å²) in [5, 5.41) is 6.39. The standard InChI is InChI=1S/C11H20N2O2/c1-7-3-9(4-8(2)15-7)13-10-5-11(14)12-6-10/h7-10,13H,3-6H2,1-2H3,(H,12,14). The number of amides is 1. The maximum absolute atomic E-state index is 11.0. The van der Waals surface area contributed by atoms with Crippen LogP contribution in [0, 0.1) is 0 Å². The molecule has 0 aromatic rings. The minimum Gasteiger partial charge on any atom is -0.375 e. The van der Waals surface area contributed by atoms with Gasteiger partial charge >= 0.3 is 0 Å². The Morgan fingerprint density at radius 1 is 1.27 bits per heavy atom. The minimum atomic E-state index is 0.167. The van der Waals surface area contributed by atoms with Crippen molar-refractivity contribution in [3.8, 4) is 0 Å². The molecule has 1 amide bonds. The van der Waals surface area contributed by atoms with Gasteiger partial charge in [-0.1, -0.05) is 0 Å². The third-order valence-electron chi connectivity index (χ3n) is 3.15. The number of ether oxygens (including phenoxy) is 1. The van der Waals surface area contributed by atoms with Crippen molar-refractivity contribution in [2.24, 2.45) is 0 Å². The van der Waals surface area contributed by atoms with Crippen LogP contribution < -0.4 is 10.6 Å². The Kier molecular flexibility index (Phi) is 3.26. The molecule has 2 rings (SSSR count). The quantitative estimate of drug-likeness (QED) is 0.697. The molecule has 2 aliphatic rings. The fourth-order valence-electron chi connectivity index (χ4n) is 2.60. The van der Waals surface area contributed by atoms with E-state index < -0.39 is 0 Å². The van der Waals surface area contributed by atoms with E-state index in [1.807, 2.05) is 0 Å². The van der Waals surface area contributed by atoms with Crippen LogP contribution in [0.3, 0.4) is 0 Å². The van der Waals surface area contributed by atoms with Crippen molar-refractivity contribution in [2.75, 3.05) is 6.54 Å². The van der Waals surface area contributed by atoms with Gasteiger partial charge < -0.3 is 15.4 Å². The summed E-state index contributed by atoms with van der Waals surface area (Å²) in [6.07, 6.45) is 3.39. The molecule has 0 radical (unpaired) electrons. The summed E-state index contributed by atoms with van der Waals surface area (Å²) in [7, 11) is 0. The molecule has 2 saturated heterocycles. The maximum Gasteiger partial charge on any atom is 0.221 e. The summed E-state index contributed by atoms with van der Waals surface area (Å²) in [4.78, 5) is 11.0. The lowest BCUT2D eigenvalue weighted by Gasteiger charge is -2.34. The van der Waals surface area contributed by atoms with E-state index in [9.17, 15) is 4.79 Å². The molecule has 4 heteroatoms. The predicted molar refractivity (Wildman–Crippen MR) is 57.6 cm³/mol. The van der Waals surface area contributed by atoms with Gasteiger partial charge in [0.05, 0.1) is 12.2 Å². The maximum atomic E-state index is 11.0. The van der Waals surface area contributed by atoms with E-state index in [0.29, 0.717) is 30.7 Å². The molecular weight excluding hydrogens is 192 g/mol. The van der Waals surface area contributed by atoms with Gasteiger partial charge in [0.1, 0.15) is 0 Å². The SMILES string of the molecule is CC1CC(NC2CNC(=O)C2)CC(C)O1. The highest BCUT2D eigenvalue weighted by Crippen LogP contribution is 2.20. The van der Waals surface area contributed by atoms with E-state index in [4.69, 9.17) is 4.74 Å². The largest absolute Gasteiger partial charge is 0.375 e. The zero-order valence-corrected chi connectivity index (χ0v) is 9.45. The zero-order valence-electron chi connectivity index (χ0n) is 9.45. The van der Waals surface area contributed by atoms with E-state index in [2.05, 4.69) is 24.5 Å². The van der Waals surface area contributed by atoms with Crippen LogP contribution >= 0.6 is 0 Å². The number of carbonyl (C=O) groups excluding carboxylic acids is 1. The monoisotopic (exact) mass is 212 g/mol. The molecule has 15 heavy (non-hydrogen) atoms. The van der Waals surface area contributed by atoms with Crippen molar-refractivity contribution in [1.82, 2.24) is 10.6 Å². The first kappa shape index (κ1) is 10.9. The Hall–Kier alpha value is -0.610. The van der Waals surface area contributed by atoms with Crippen molar-refractivity contribution >= 4 is 5.91 Å². The lowest BCUT2D eigenvalue weighted by atomic mass is 9.99. The first-order valence-corrected chi connectivity index (χ1v) is 5.81. The summed E-state index contributed by atoms with van der Waals surface area (Å²) in [6, 6.07) is 0.821. The van der Waals surface area contributed by atoms with E-state index in [1.165, 1.54) is 0 Å². The van der Waals surface area contributed by atoms with Crippen LogP contribution in [-0.4, -0.2) is 36.7 Å². The second-order valence-corrected chi connectivity index (χ2v) is 4.80. The van der Waals surface area contributed by atoms with Crippen LogP contribution in [0.2, 0.25) is 0 Å². The minimum absolute atomic E-state index is 0.167. The van der Waals surface area contributed by atoms with Crippen LogP contribution in [0.15, 0.2) is 0 Å². The van der Waals surface area contributed by atoms with Crippen molar-refractivity contribution in [1.29, 1.82) is 0 Å². The van der Waals surface area contributed by atoms with Gasteiger partial charge in [-0.2, -0.15) is 0 Å². The molecule has 86 valence electrons. The van der Waals surface area contributed by atoms with Gasteiger partial charge in [0.2, 0.25) is 5.91 Å². The number of nitrogens with one attached hydrogen (secondary N) is 2. The molecule has 4 nitrogen and oxygen atoms in total. The second kappa shape index (κ2) is 4.49. The van der Waals surface area contributed by atoms with Gasteiger partial charge in [-0.15, -0.1) is 0 Å². The van der Waals surface area contributed by atoms with Gasteiger partial charge in [-0.3, -0.25) is 4.79 Å². The summed E-state index contributed by atoms with van der Waals surface area (Å²) in [6.45, 7) is 5.00. The number of hydrogen-bond donors (Lipinski definition) is 2. The average molecular weight is 212 g/mol. The summed E-state index contributed by atoms with van der Waals surface area (Å²) < 4.78 is 5.68. The molecule has 0 saturated carbocycles. The van der Waals surface area contributed by atoms with E-state index in [0.717, 1.165) is 19.4 Å². The zero-order chi connectivity index (χ0) is 10.8. The third-order valence-corrected chi connectivity index (χ3v) is 3.15. The molecular formula is C11H20N2O2. The molecule has 0 bridgehead atoms. The summed E-state index contributed by atoms with van der Waals surface area (Å²) in [5.74, 6) is 0.167. The molecule has 2 heterocycles. The Morgan fingerprint density at radius 2 is 1.93 bits per heavy atom. The number of carbonyl (C=O) groups is 1. The topological polar surface area (TPSA) is 50.4 Å². The molecule has 2 N–H and O–H groups in total. The summed E-state index contributed by atoms with van der Waals surface area (Å²) >= 11 is 0. The molecule has 0 aromatic carbocycles. The van der Waals surface area contributed by atoms with Crippen LogP contribution in [0.1, 0.15) is 33.1 Å². The highest BCUT2D eigenvalue weighted by molar-refractivity contribution is 5.78. The van der Waals surface area contributed by atoms with Crippen molar-refractivity contribution in [3.05, 3.63) is 0 Å². The smallest absolute Gasteiger partial charge is 0.221 e. The fourth-order valence-corrected chi connectivity index (χ4v) is 2.60. The van der Waals surface area contributed by atoms with E-state index in [1.54, 1.807) is 0 Å². The van der Waals surface area contributed by atoms with Crippen LogP contribution in [-0.2, 0) is 9.53 Å². The number of rotatable bonds is 2. The Balaban J connectivity index is 1.81. The fraction of sp³-hybridized carbons (Fsp3) is 0.909. The van der Waals surface area contributed by atoms with Crippen LogP contribution in [0.4, 0.5) is 0 Å². The molecule has 0 aliphatic carbocycles. The number of hydrogen-bond acceptors (Lipinski definition) is 3. The molecule has 0 spiro atoms. The van der Waals surface area contributed by atoms with Gasteiger partial charge in [-0.25, -0.2) is 0 Å². The Morgan fingerprint density at radius 3 is 2.47 bits per heavy atom. The molecule has 3 unspecified atom stereocenters. The van der Waals surface area contributed by atoms with Crippen LogP contribution in [0.5, 0.6) is 0 Å². The lowest BCUT2D eigenvalue weighted by molar-refractivity contribution is -0.119. The Bertz CT molecular complexity index is 235.